The fourth-order valence-corrected chi connectivity index (χ4v) is 4.04. The van der Waals surface area contributed by atoms with Gasteiger partial charge in [-0.15, -0.1) is 0 Å². The number of piperidine rings is 1. The summed E-state index contributed by atoms with van der Waals surface area (Å²) in [5.41, 5.74) is 2.92. The van der Waals surface area contributed by atoms with Crippen LogP contribution in [0.3, 0.4) is 0 Å². The molecule has 1 aliphatic heterocycles. The van der Waals surface area contributed by atoms with Gasteiger partial charge >= 0.3 is 0 Å². The monoisotopic (exact) mass is 424 g/mol. The van der Waals surface area contributed by atoms with Crippen LogP contribution in [0, 0.1) is 0 Å². The number of anilines is 1. The minimum atomic E-state index is 0.0783. The van der Waals surface area contributed by atoms with Crippen molar-refractivity contribution in [3.8, 4) is 11.1 Å². The molecule has 3 aromatic rings. The molecule has 8 heteroatoms. The number of amides is 1. The van der Waals surface area contributed by atoms with Crippen molar-refractivity contribution in [1.29, 1.82) is 0 Å². The van der Waals surface area contributed by atoms with Gasteiger partial charge in [-0.05, 0) is 36.6 Å². The van der Waals surface area contributed by atoms with Crippen LogP contribution in [0.1, 0.15) is 24.5 Å². The molecule has 0 aliphatic carbocycles. The van der Waals surface area contributed by atoms with Crippen molar-refractivity contribution >= 4 is 23.5 Å². The first-order valence-corrected chi connectivity index (χ1v) is 10.4. The number of nitrogens with zero attached hydrogens (tertiary/aromatic N) is 6. The van der Waals surface area contributed by atoms with Gasteiger partial charge in [-0.25, -0.2) is 9.97 Å². The van der Waals surface area contributed by atoms with Crippen molar-refractivity contribution in [2.24, 2.45) is 0 Å². The molecule has 1 amide bonds. The second-order valence-electron chi connectivity index (χ2n) is 7.76. The predicted molar refractivity (Wildman–Crippen MR) is 118 cm³/mol. The molecule has 0 N–H and O–H groups in total. The molecule has 0 spiro atoms. The van der Waals surface area contributed by atoms with E-state index in [4.69, 9.17) is 16.6 Å². The van der Waals surface area contributed by atoms with Crippen molar-refractivity contribution in [3.05, 3.63) is 59.6 Å². The lowest BCUT2D eigenvalue weighted by atomic mass is 9.90. The Morgan fingerprint density at radius 3 is 2.90 bits per heavy atom. The number of hydrogen-bond acceptors (Lipinski definition) is 5. The fourth-order valence-electron chi connectivity index (χ4n) is 3.85. The highest BCUT2D eigenvalue weighted by Crippen LogP contribution is 2.34. The summed E-state index contributed by atoms with van der Waals surface area (Å²) in [6.45, 7) is 1.65. The Morgan fingerprint density at radius 2 is 2.17 bits per heavy atom. The molecule has 3 heterocycles. The zero-order chi connectivity index (χ0) is 21.1. The van der Waals surface area contributed by atoms with E-state index in [0.717, 1.165) is 36.2 Å². The average Bonchev–Trinajstić information content (AvgIpc) is 3.26. The van der Waals surface area contributed by atoms with Gasteiger partial charge in [0.25, 0.3) is 0 Å². The van der Waals surface area contributed by atoms with Gasteiger partial charge in [-0.1, -0.05) is 23.7 Å². The first kappa shape index (κ1) is 20.3. The Labute approximate surface area is 181 Å². The van der Waals surface area contributed by atoms with Gasteiger partial charge in [0, 0.05) is 62.3 Å². The number of benzene rings is 1. The Kier molecular flexibility index (Phi) is 5.99. The lowest BCUT2D eigenvalue weighted by Crippen LogP contribution is -2.41. The van der Waals surface area contributed by atoms with Gasteiger partial charge in [0.1, 0.15) is 6.54 Å². The van der Waals surface area contributed by atoms with E-state index >= 15 is 0 Å². The van der Waals surface area contributed by atoms with Crippen molar-refractivity contribution < 1.29 is 4.79 Å². The number of carbonyl (C=O) groups is 1. The number of carbonyl (C=O) groups excluding carboxylic acids is 1. The molecule has 1 unspecified atom stereocenters. The summed E-state index contributed by atoms with van der Waals surface area (Å²) in [5, 5.41) is 4.83. The highest BCUT2D eigenvalue weighted by atomic mass is 35.5. The van der Waals surface area contributed by atoms with E-state index < -0.39 is 0 Å². The second-order valence-corrected chi connectivity index (χ2v) is 8.19. The Morgan fingerprint density at radius 1 is 1.30 bits per heavy atom. The molecule has 1 aromatic carbocycles. The average molecular weight is 425 g/mol. The molecule has 1 saturated heterocycles. The van der Waals surface area contributed by atoms with E-state index in [0.29, 0.717) is 17.5 Å². The van der Waals surface area contributed by atoms with Gasteiger partial charge in [0.05, 0.1) is 5.69 Å². The molecular weight excluding hydrogens is 400 g/mol. The Bertz CT molecular complexity index is 1020. The second kappa shape index (κ2) is 8.83. The lowest BCUT2D eigenvalue weighted by molar-refractivity contribution is -0.133. The maximum Gasteiger partial charge on any atom is 0.244 e. The topological polar surface area (TPSA) is 67.2 Å². The van der Waals surface area contributed by atoms with Crippen LogP contribution < -0.4 is 4.90 Å². The van der Waals surface area contributed by atoms with E-state index in [1.165, 1.54) is 0 Å². The van der Waals surface area contributed by atoms with E-state index in [1.807, 2.05) is 66.6 Å². The summed E-state index contributed by atoms with van der Waals surface area (Å²) >= 11 is 6.24. The third-order valence-corrected chi connectivity index (χ3v) is 5.59. The van der Waals surface area contributed by atoms with Crippen LogP contribution >= 0.6 is 11.6 Å². The largest absolute Gasteiger partial charge is 0.347 e. The van der Waals surface area contributed by atoms with E-state index in [-0.39, 0.29) is 18.4 Å². The van der Waals surface area contributed by atoms with Crippen LogP contribution in [0.2, 0.25) is 5.02 Å². The SMILES string of the molecule is CN(C)c1ncc(-c2cccc(Cl)c2)c(C2CCCN(C(=O)Cn3cccn3)C2)n1. The van der Waals surface area contributed by atoms with Gasteiger partial charge < -0.3 is 9.80 Å². The lowest BCUT2D eigenvalue weighted by Gasteiger charge is -2.33. The fraction of sp³-hybridized carbons (Fsp3) is 0.364. The Hall–Kier alpha value is -2.93. The number of halogens is 1. The zero-order valence-corrected chi connectivity index (χ0v) is 18.0. The maximum atomic E-state index is 12.8. The first-order valence-electron chi connectivity index (χ1n) is 10.1. The van der Waals surface area contributed by atoms with Gasteiger partial charge in [-0.2, -0.15) is 5.10 Å². The third kappa shape index (κ3) is 4.46. The molecule has 1 aliphatic rings. The van der Waals surface area contributed by atoms with Gasteiger partial charge in [-0.3, -0.25) is 9.48 Å². The third-order valence-electron chi connectivity index (χ3n) is 5.36. The van der Waals surface area contributed by atoms with Crippen molar-refractivity contribution in [1.82, 2.24) is 24.6 Å². The van der Waals surface area contributed by atoms with Crippen LogP contribution in [0.15, 0.2) is 48.9 Å². The standard InChI is InChI=1S/C22H25ClN6O/c1-27(2)22-24-13-19(16-6-3-8-18(23)12-16)21(26-22)17-7-4-10-28(14-17)20(30)15-29-11-5-9-25-29/h3,5-6,8-9,11-13,17H,4,7,10,14-15H2,1-2H3. The van der Waals surface area contributed by atoms with Crippen LogP contribution in [0.4, 0.5) is 5.95 Å². The molecule has 7 nitrogen and oxygen atoms in total. The molecule has 156 valence electrons. The summed E-state index contributed by atoms with van der Waals surface area (Å²) < 4.78 is 1.66. The first-order chi connectivity index (χ1) is 14.5. The molecule has 1 atom stereocenters. The van der Waals surface area contributed by atoms with Crippen LogP contribution in [-0.4, -0.2) is 57.7 Å². The van der Waals surface area contributed by atoms with Crippen molar-refractivity contribution in [2.75, 3.05) is 32.1 Å². The summed E-state index contributed by atoms with van der Waals surface area (Å²) in [7, 11) is 3.86. The molecule has 1 fully saturated rings. The molecule has 30 heavy (non-hydrogen) atoms. The highest BCUT2D eigenvalue weighted by Gasteiger charge is 2.28. The number of likely N-dealkylation sites (tertiary alicyclic amines) is 1. The zero-order valence-electron chi connectivity index (χ0n) is 17.2. The van der Waals surface area contributed by atoms with Gasteiger partial charge in [0.2, 0.25) is 11.9 Å². The number of hydrogen-bond donors (Lipinski definition) is 0. The van der Waals surface area contributed by atoms with E-state index in [2.05, 4.69) is 10.1 Å². The molecule has 0 bridgehead atoms. The number of rotatable bonds is 5. The normalized spacial score (nSPS) is 16.5. The van der Waals surface area contributed by atoms with E-state index in [1.54, 1.807) is 10.9 Å². The minimum absolute atomic E-state index is 0.0783. The quantitative estimate of drug-likeness (QED) is 0.627. The van der Waals surface area contributed by atoms with E-state index in [9.17, 15) is 4.79 Å². The van der Waals surface area contributed by atoms with Gasteiger partial charge in [0.15, 0.2) is 0 Å². The molecule has 2 aromatic heterocycles. The smallest absolute Gasteiger partial charge is 0.244 e. The molecule has 0 radical (unpaired) electrons. The summed E-state index contributed by atoms with van der Waals surface area (Å²) in [6.07, 6.45) is 7.28. The van der Waals surface area contributed by atoms with Crippen molar-refractivity contribution in [3.63, 3.8) is 0 Å². The predicted octanol–water partition coefficient (Wildman–Crippen LogP) is 3.47. The minimum Gasteiger partial charge on any atom is -0.347 e. The maximum absolute atomic E-state index is 12.8. The van der Waals surface area contributed by atoms with Crippen LogP contribution in [0.5, 0.6) is 0 Å². The molecule has 0 saturated carbocycles. The summed E-state index contributed by atoms with van der Waals surface area (Å²) in [6, 6.07) is 9.57. The molecule has 4 rings (SSSR count). The van der Waals surface area contributed by atoms with Crippen molar-refractivity contribution in [2.45, 2.75) is 25.3 Å². The Balaban J connectivity index is 1.64. The summed E-state index contributed by atoms with van der Waals surface area (Å²) in [5.74, 6) is 0.876. The number of aromatic nitrogens is 4. The molecular formula is C22H25ClN6O. The summed E-state index contributed by atoms with van der Waals surface area (Å²) in [4.78, 5) is 26.1. The highest BCUT2D eigenvalue weighted by molar-refractivity contribution is 6.30. The van der Waals surface area contributed by atoms with Crippen LogP contribution in [0.25, 0.3) is 11.1 Å². The van der Waals surface area contributed by atoms with Crippen LogP contribution in [-0.2, 0) is 11.3 Å².